The standard InChI is InChI=1S/C17H20N4/c1-13-9-11-21-16(12-13)19-17(20-21)18-10-8-14(2)15-6-4-3-5-7-15/h3-7,9,11-12,14H,8,10H2,1-2H3,(H,18,20). The molecule has 0 spiro atoms. The highest BCUT2D eigenvalue weighted by Gasteiger charge is 2.06. The zero-order valence-corrected chi connectivity index (χ0v) is 12.5. The normalized spacial score (nSPS) is 12.5. The minimum atomic E-state index is 0.526. The van der Waals surface area contributed by atoms with Crippen molar-refractivity contribution in [3.63, 3.8) is 0 Å². The largest absolute Gasteiger partial charge is 0.353 e. The second kappa shape index (κ2) is 5.95. The summed E-state index contributed by atoms with van der Waals surface area (Å²) >= 11 is 0. The lowest BCUT2D eigenvalue weighted by atomic mass is 9.98. The van der Waals surface area contributed by atoms with Gasteiger partial charge in [-0.15, -0.1) is 5.10 Å². The third-order valence-electron chi connectivity index (χ3n) is 3.72. The predicted molar refractivity (Wildman–Crippen MR) is 85.7 cm³/mol. The van der Waals surface area contributed by atoms with E-state index in [9.17, 15) is 0 Å². The van der Waals surface area contributed by atoms with Crippen molar-refractivity contribution in [3.05, 3.63) is 59.8 Å². The maximum atomic E-state index is 4.48. The number of rotatable bonds is 5. The van der Waals surface area contributed by atoms with Crippen molar-refractivity contribution in [2.24, 2.45) is 0 Å². The Labute approximate surface area is 124 Å². The number of hydrogen-bond donors (Lipinski definition) is 1. The van der Waals surface area contributed by atoms with Crippen LogP contribution in [0.4, 0.5) is 5.95 Å². The first-order valence-corrected chi connectivity index (χ1v) is 7.34. The Hall–Kier alpha value is -2.36. The van der Waals surface area contributed by atoms with Crippen LogP contribution in [0.25, 0.3) is 5.65 Å². The lowest BCUT2D eigenvalue weighted by molar-refractivity contribution is 0.703. The second-order valence-corrected chi connectivity index (χ2v) is 5.47. The Balaban J connectivity index is 1.59. The third-order valence-corrected chi connectivity index (χ3v) is 3.72. The molecule has 108 valence electrons. The van der Waals surface area contributed by atoms with Crippen LogP contribution in [0, 0.1) is 6.92 Å². The van der Waals surface area contributed by atoms with Gasteiger partial charge >= 0.3 is 0 Å². The average Bonchev–Trinajstić information content (AvgIpc) is 2.89. The van der Waals surface area contributed by atoms with Gasteiger partial charge in [-0.25, -0.2) is 4.52 Å². The summed E-state index contributed by atoms with van der Waals surface area (Å²) in [6.45, 7) is 5.17. The van der Waals surface area contributed by atoms with Crippen LogP contribution in [0.2, 0.25) is 0 Å². The van der Waals surface area contributed by atoms with E-state index in [1.807, 2.05) is 18.3 Å². The average molecular weight is 280 g/mol. The quantitative estimate of drug-likeness (QED) is 0.775. The molecule has 21 heavy (non-hydrogen) atoms. The van der Waals surface area contributed by atoms with Gasteiger partial charge in [-0.1, -0.05) is 37.3 Å². The van der Waals surface area contributed by atoms with E-state index in [1.165, 1.54) is 11.1 Å². The highest BCUT2D eigenvalue weighted by Crippen LogP contribution is 2.18. The van der Waals surface area contributed by atoms with E-state index >= 15 is 0 Å². The van der Waals surface area contributed by atoms with Gasteiger partial charge in [0.1, 0.15) is 0 Å². The van der Waals surface area contributed by atoms with Crippen LogP contribution in [0.15, 0.2) is 48.7 Å². The number of aryl methyl sites for hydroxylation is 1. The van der Waals surface area contributed by atoms with Crippen molar-refractivity contribution >= 4 is 11.6 Å². The topological polar surface area (TPSA) is 42.2 Å². The number of anilines is 1. The molecular formula is C17H20N4. The Morgan fingerprint density at radius 1 is 1.19 bits per heavy atom. The summed E-state index contributed by atoms with van der Waals surface area (Å²) in [5.41, 5.74) is 3.45. The first-order valence-electron chi connectivity index (χ1n) is 7.34. The molecule has 2 aromatic heterocycles. The number of pyridine rings is 1. The molecule has 0 saturated heterocycles. The molecule has 3 rings (SSSR count). The minimum absolute atomic E-state index is 0.526. The second-order valence-electron chi connectivity index (χ2n) is 5.47. The monoisotopic (exact) mass is 280 g/mol. The molecule has 1 N–H and O–H groups in total. The molecule has 1 unspecified atom stereocenters. The molecule has 3 aromatic rings. The zero-order valence-electron chi connectivity index (χ0n) is 12.5. The van der Waals surface area contributed by atoms with Gasteiger partial charge in [-0.2, -0.15) is 4.98 Å². The van der Waals surface area contributed by atoms with Gasteiger partial charge in [0.25, 0.3) is 0 Å². The van der Waals surface area contributed by atoms with Gasteiger partial charge in [0.05, 0.1) is 0 Å². The molecule has 0 aliphatic rings. The molecule has 0 radical (unpaired) electrons. The lowest BCUT2D eigenvalue weighted by Crippen LogP contribution is -2.07. The van der Waals surface area contributed by atoms with Crippen LogP contribution in [0.5, 0.6) is 0 Å². The fourth-order valence-corrected chi connectivity index (χ4v) is 2.41. The van der Waals surface area contributed by atoms with Gasteiger partial charge in [-0.3, -0.25) is 0 Å². The van der Waals surface area contributed by atoms with E-state index in [-0.39, 0.29) is 0 Å². The fraction of sp³-hybridized carbons (Fsp3) is 0.294. The van der Waals surface area contributed by atoms with Gasteiger partial charge in [0.15, 0.2) is 5.65 Å². The number of nitrogens with one attached hydrogen (secondary N) is 1. The summed E-state index contributed by atoms with van der Waals surface area (Å²) in [5.74, 6) is 1.22. The van der Waals surface area contributed by atoms with Crippen molar-refractivity contribution in [2.45, 2.75) is 26.2 Å². The Morgan fingerprint density at radius 3 is 2.81 bits per heavy atom. The molecule has 0 saturated carbocycles. The molecule has 0 aliphatic heterocycles. The Morgan fingerprint density at radius 2 is 2.00 bits per heavy atom. The van der Waals surface area contributed by atoms with E-state index in [0.29, 0.717) is 11.9 Å². The third kappa shape index (κ3) is 3.21. The smallest absolute Gasteiger partial charge is 0.243 e. The molecule has 4 nitrogen and oxygen atoms in total. The molecule has 0 amide bonds. The van der Waals surface area contributed by atoms with Crippen molar-refractivity contribution < 1.29 is 0 Å². The van der Waals surface area contributed by atoms with Crippen LogP contribution >= 0.6 is 0 Å². The van der Waals surface area contributed by atoms with E-state index < -0.39 is 0 Å². The maximum absolute atomic E-state index is 4.48. The summed E-state index contributed by atoms with van der Waals surface area (Å²) in [4.78, 5) is 4.48. The van der Waals surface area contributed by atoms with Crippen molar-refractivity contribution in [2.75, 3.05) is 11.9 Å². The van der Waals surface area contributed by atoms with Crippen molar-refractivity contribution in [3.8, 4) is 0 Å². The van der Waals surface area contributed by atoms with Crippen LogP contribution in [-0.4, -0.2) is 21.1 Å². The van der Waals surface area contributed by atoms with Gasteiger partial charge in [0, 0.05) is 12.7 Å². The summed E-state index contributed by atoms with van der Waals surface area (Å²) in [6, 6.07) is 14.6. The number of benzene rings is 1. The van der Waals surface area contributed by atoms with E-state index in [0.717, 1.165) is 18.6 Å². The minimum Gasteiger partial charge on any atom is -0.353 e. The number of nitrogens with zero attached hydrogens (tertiary/aromatic N) is 3. The summed E-state index contributed by atoms with van der Waals surface area (Å²) in [7, 11) is 0. The molecule has 0 bridgehead atoms. The Bertz CT molecular complexity index is 718. The molecule has 4 heteroatoms. The zero-order chi connectivity index (χ0) is 14.7. The Kier molecular flexibility index (Phi) is 3.86. The maximum Gasteiger partial charge on any atom is 0.243 e. The lowest BCUT2D eigenvalue weighted by Gasteiger charge is -2.11. The highest BCUT2D eigenvalue weighted by molar-refractivity contribution is 5.45. The van der Waals surface area contributed by atoms with Crippen LogP contribution in [0.3, 0.4) is 0 Å². The fourth-order valence-electron chi connectivity index (χ4n) is 2.41. The number of fused-ring (bicyclic) bond motifs is 1. The summed E-state index contributed by atoms with van der Waals surface area (Å²) in [5, 5.41) is 7.73. The van der Waals surface area contributed by atoms with E-state index in [1.54, 1.807) is 4.52 Å². The van der Waals surface area contributed by atoms with E-state index in [2.05, 4.69) is 59.6 Å². The van der Waals surface area contributed by atoms with Gasteiger partial charge in [0.2, 0.25) is 5.95 Å². The van der Waals surface area contributed by atoms with Crippen LogP contribution < -0.4 is 5.32 Å². The van der Waals surface area contributed by atoms with Crippen molar-refractivity contribution in [1.82, 2.24) is 14.6 Å². The van der Waals surface area contributed by atoms with Crippen LogP contribution in [0.1, 0.15) is 30.4 Å². The SMILES string of the molecule is Cc1ccn2nc(NCCC(C)c3ccccc3)nc2c1. The highest BCUT2D eigenvalue weighted by atomic mass is 15.3. The summed E-state index contributed by atoms with van der Waals surface area (Å²) in [6.07, 6.45) is 2.99. The van der Waals surface area contributed by atoms with Crippen molar-refractivity contribution in [1.29, 1.82) is 0 Å². The summed E-state index contributed by atoms with van der Waals surface area (Å²) < 4.78 is 1.80. The number of hydrogen-bond acceptors (Lipinski definition) is 3. The number of aromatic nitrogens is 3. The van der Waals surface area contributed by atoms with E-state index in [4.69, 9.17) is 0 Å². The first kappa shape index (κ1) is 13.6. The molecule has 0 fully saturated rings. The predicted octanol–water partition coefficient (Wildman–Crippen LogP) is 3.64. The molecular weight excluding hydrogens is 260 g/mol. The molecule has 1 atom stereocenters. The molecule has 0 aliphatic carbocycles. The van der Waals surface area contributed by atoms with Crippen LogP contribution in [-0.2, 0) is 0 Å². The molecule has 1 aromatic carbocycles. The van der Waals surface area contributed by atoms with Gasteiger partial charge in [-0.05, 0) is 42.5 Å². The first-order chi connectivity index (χ1) is 10.2. The molecule has 2 heterocycles. The van der Waals surface area contributed by atoms with Gasteiger partial charge < -0.3 is 5.32 Å².